The highest BCUT2D eigenvalue weighted by atomic mass is 19.4. The smallest absolute Gasteiger partial charge is 0.427 e. The van der Waals surface area contributed by atoms with Crippen LogP contribution in [-0.2, 0) is 14.3 Å². The van der Waals surface area contributed by atoms with E-state index >= 15 is 0 Å². The van der Waals surface area contributed by atoms with Crippen LogP contribution < -0.4 is 0 Å². The third kappa shape index (κ3) is 9.28. The summed E-state index contributed by atoms with van der Waals surface area (Å²) in [5, 5.41) is 0. The van der Waals surface area contributed by atoms with Crippen LogP contribution in [0.2, 0.25) is 0 Å². The van der Waals surface area contributed by atoms with E-state index in [0.29, 0.717) is 12.8 Å². The molecule has 132 valence electrons. The average Bonchev–Trinajstić information content (AvgIpc) is 2.45. The lowest BCUT2D eigenvalue weighted by atomic mass is 10.1. The average molecular weight is 326 g/mol. The summed E-state index contributed by atoms with van der Waals surface area (Å²) in [4.78, 5) is 11.7. The molecule has 0 saturated carbocycles. The fourth-order valence-electron chi connectivity index (χ4n) is 1.91. The highest BCUT2D eigenvalue weighted by molar-refractivity contribution is 5.72. The van der Waals surface area contributed by atoms with Crippen molar-refractivity contribution in [2.45, 2.75) is 84.6 Å². The fraction of sp³-hybridized carbons (Fsp3) is 0.938. The van der Waals surface area contributed by atoms with Gasteiger partial charge in [-0.15, -0.1) is 0 Å². The summed E-state index contributed by atoms with van der Waals surface area (Å²) >= 11 is 0. The molecular formula is C16H29F3O3. The van der Waals surface area contributed by atoms with Gasteiger partial charge < -0.3 is 9.47 Å². The second kappa shape index (κ2) is 10.9. The Morgan fingerprint density at radius 1 is 1.05 bits per heavy atom. The molecule has 0 aliphatic carbocycles. The first-order chi connectivity index (χ1) is 10.2. The minimum atomic E-state index is -4.61. The van der Waals surface area contributed by atoms with Crippen LogP contribution in [0.5, 0.6) is 0 Å². The van der Waals surface area contributed by atoms with Crippen molar-refractivity contribution < 1.29 is 27.4 Å². The first kappa shape index (κ1) is 21.2. The normalized spacial score (nSPS) is 16.1. The molecule has 3 nitrogen and oxygen atoms in total. The van der Waals surface area contributed by atoms with Gasteiger partial charge in [-0.1, -0.05) is 46.5 Å². The molecule has 22 heavy (non-hydrogen) atoms. The van der Waals surface area contributed by atoms with E-state index < -0.39 is 30.8 Å². The van der Waals surface area contributed by atoms with Gasteiger partial charge in [0.05, 0.1) is 18.6 Å². The molecule has 0 N–H and O–H groups in total. The van der Waals surface area contributed by atoms with Gasteiger partial charge >= 0.3 is 12.1 Å². The Hall–Kier alpha value is -0.780. The molecule has 0 amide bonds. The molecule has 0 aliphatic heterocycles. The standard InChI is InChI=1S/C16H29F3O3/c1-5-7-9-12(3)15(20)22-14(16(17,18)19)11-21-13(4)10-8-6-2/h12-14H,5-11H2,1-4H3. The van der Waals surface area contributed by atoms with Gasteiger partial charge in [0, 0.05) is 0 Å². The lowest BCUT2D eigenvalue weighted by Gasteiger charge is -2.24. The number of rotatable bonds is 11. The summed E-state index contributed by atoms with van der Waals surface area (Å²) in [7, 11) is 0. The highest BCUT2D eigenvalue weighted by Gasteiger charge is 2.43. The SMILES string of the molecule is CCCCC(C)OCC(OC(=O)C(C)CCCC)C(F)(F)F. The quantitative estimate of drug-likeness (QED) is 0.508. The maximum atomic E-state index is 12.9. The second-order valence-electron chi connectivity index (χ2n) is 5.80. The fourth-order valence-corrected chi connectivity index (χ4v) is 1.91. The molecule has 0 aliphatic rings. The van der Waals surface area contributed by atoms with Crippen LogP contribution in [0.15, 0.2) is 0 Å². The predicted octanol–water partition coefficient (Wildman–Crippen LogP) is 4.88. The van der Waals surface area contributed by atoms with E-state index in [4.69, 9.17) is 4.74 Å². The number of hydrogen-bond acceptors (Lipinski definition) is 3. The Kier molecular flexibility index (Phi) is 10.5. The molecule has 0 aromatic rings. The predicted molar refractivity (Wildman–Crippen MR) is 79.6 cm³/mol. The Morgan fingerprint density at radius 3 is 2.09 bits per heavy atom. The third-order valence-corrected chi connectivity index (χ3v) is 3.51. The number of hydrogen-bond donors (Lipinski definition) is 0. The first-order valence-electron chi connectivity index (χ1n) is 8.11. The van der Waals surface area contributed by atoms with Gasteiger partial charge in [-0.3, -0.25) is 4.79 Å². The number of unbranched alkanes of at least 4 members (excludes halogenated alkanes) is 2. The van der Waals surface area contributed by atoms with Crippen molar-refractivity contribution in [2.75, 3.05) is 6.61 Å². The molecule has 0 rings (SSSR count). The van der Waals surface area contributed by atoms with Gasteiger partial charge in [0.15, 0.2) is 0 Å². The van der Waals surface area contributed by atoms with Crippen molar-refractivity contribution in [2.24, 2.45) is 5.92 Å². The van der Waals surface area contributed by atoms with Crippen molar-refractivity contribution in [3.05, 3.63) is 0 Å². The maximum absolute atomic E-state index is 12.9. The maximum Gasteiger partial charge on any atom is 0.427 e. The Labute approximate surface area is 131 Å². The highest BCUT2D eigenvalue weighted by Crippen LogP contribution is 2.25. The Balaban J connectivity index is 4.44. The van der Waals surface area contributed by atoms with E-state index in [-0.39, 0.29) is 6.10 Å². The molecule has 3 unspecified atom stereocenters. The molecule has 0 aromatic carbocycles. The van der Waals surface area contributed by atoms with E-state index in [1.807, 2.05) is 13.8 Å². The number of carbonyl (C=O) groups is 1. The minimum absolute atomic E-state index is 0.277. The number of alkyl halides is 3. The zero-order chi connectivity index (χ0) is 17.2. The third-order valence-electron chi connectivity index (χ3n) is 3.51. The van der Waals surface area contributed by atoms with Crippen LogP contribution >= 0.6 is 0 Å². The first-order valence-corrected chi connectivity index (χ1v) is 8.11. The zero-order valence-electron chi connectivity index (χ0n) is 14.0. The molecule has 0 heterocycles. The topological polar surface area (TPSA) is 35.5 Å². The minimum Gasteiger partial charge on any atom is -0.450 e. The van der Waals surface area contributed by atoms with Gasteiger partial charge in [0.2, 0.25) is 6.10 Å². The molecule has 0 bridgehead atoms. The van der Waals surface area contributed by atoms with E-state index in [2.05, 4.69) is 4.74 Å². The van der Waals surface area contributed by atoms with E-state index in [9.17, 15) is 18.0 Å². The lowest BCUT2D eigenvalue weighted by molar-refractivity contribution is -0.236. The summed E-state index contributed by atoms with van der Waals surface area (Å²) in [6.45, 7) is 6.65. The molecule has 3 atom stereocenters. The van der Waals surface area contributed by atoms with Crippen molar-refractivity contribution >= 4 is 5.97 Å². The van der Waals surface area contributed by atoms with Crippen molar-refractivity contribution in [1.82, 2.24) is 0 Å². The molecule has 0 saturated heterocycles. The summed E-state index contributed by atoms with van der Waals surface area (Å²) in [6.07, 6.45) is -2.31. The van der Waals surface area contributed by atoms with Crippen LogP contribution in [0, 0.1) is 5.92 Å². The van der Waals surface area contributed by atoms with Gasteiger partial charge in [-0.2, -0.15) is 13.2 Å². The van der Waals surface area contributed by atoms with E-state index in [1.54, 1.807) is 13.8 Å². The molecule has 0 aromatic heterocycles. The number of carbonyl (C=O) groups excluding carboxylic acids is 1. The van der Waals surface area contributed by atoms with Gasteiger partial charge in [0.1, 0.15) is 0 Å². The van der Waals surface area contributed by atoms with Crippen molar-refractivity contribution in [1.29, 1.82) is 0 Å². The van der Waals surface area contributed by atoms with E-state index in [0.717, 1.165) is 25.7 Å². The largest absolute Gasteiger partial charge is 0.450 e. The lowest BCUT2D eigenvalue weighted by Crippen LogP contribution is -2.39. The molecule has 0 spiro atoms. The summed E-state index contributed by atoms with van der Waals surface area (Å²) < 4.78 is 48.7. The summed E-state index contributed by atoms with van der Waals surface area (Å²) in [5.41, 5.74) is 0. The van der Waals surface area contributed by atoms with Crippen LogP contribution in [0.1, 0.15) is 66.2 Å². The van der Waals surface area contributed by atoms with Crippen molar-refractivity contribution in [3.63, 3.8) is 0 Å². The number of esters is 1. The Bertz CT molecular complexity index is 306. The van der Waals surface area contributed by atoms with Crippen molar-refractivity contribution in [3.8, 4) is 0 Å². The van der Waals surface area contributed by atoms with Crippen LogP contribution in [0.25, 0.3) is 0 Å². The van der Waals surface area contributed by atoms with Crippen LogP contribution in [-0.4, -0.2) is 31.0 Å². The molecule has 0 fully saturated rings. The van der Waals surface area contributed by atoms with Gasteiger partial charge in [0.25, 0.3) is 0 Å². The molecule has 0 radical (unpaired) electrons. The molecule has 6 heteroatoms. The Morgan fingerprint density at radius 2 is 1.59 bits per heavy atom. The summed E-state index contributed by atoms with van der Waals surface area (Å²) in [5.74, 6) is -1.33. The van der Waals surface area contributed by atoms with Crippen LogP contribution in [0.4, 0.5) is 13.2 Å². The van der Waals surface area contributed by atoms with E-state index in [1.165, 1.54) is 0 Å². The summed E-state index contributed by atoms with van der Waals surface area (Å²) in [6, 6.07) is 0. The van der Waals surface area contributed by atoms with Gasteiger partial charge in [-0.05, 0) is 19.8 Å². The zero-order valence-corrected chi connectivity index (χ0v) is 14.0. The number of ether oxygens (including phenoxy) is 2. The monoisotopic (exact) mass is 326 g/mol. The number of halogens is 3. The van der Waals surface area contributed by atoms with Gasteiger partial charge in [-0.25, -0.2) is 0 Å². The second-order valence-corrected chi connectivity index (χ2v) is 5.80. The molecular weight excluding hydrogens is 297 g/mol. The van der Waals surface area contributed by atoms with Crippen LogP contribution in [0.3, 0.4) is 0 Å².